The van der Waals surface area contributed by atoms with Crippen LogP contribution in [0.5, 0.6) is 5.75 Å². The lowest BCUT2D eigenvalue weighted by Crippen LogP contribution is -2.32. The van der Waals surface area contributed by atoms with Crippen molar-refractivity contribution in [1.82, 2.24) is 4.72 Å². The van der Waals surface area contributed by atoms with Crippen LogP contribution in [0.3, 0.4) is 0 Å². The summed E-state index contributed by atoms with van der Waals surface area (Å²) in [6.07, 6.45) is 0. The van der Waals surface area contributed by atoms with Gasteiger partial charge in [0.05, 0.1) is 7.11 Å². The van der Waals surface area contributed by atoms with Gasteiger partial charge >= 0.3 is 5.97 Å². The number of halogens is 2. The number of hydrogen-bond donors (Lipinski definition) is 1. The molecule has 0 heterocycles. The summed E-state index contributed by atoms with van der Waals surface area (Å²) in [5, 5.41) is 0. The van der Waals surface area contributed by atoms with Gasteiger partial charge in [-0.3, -0.25) is 9.59 Å². The molecule has 2 aromatic rings. The highest BCUT2D eigenvalue weighted by Crippen LogP contribution is 2.18. The summed E-state index contributed by atoms with van der Waals surface area (Å²) in [4.78, 5) is 22.9. The van der Waals surface area contributed by atoms with Crippen LogP contribution in [0.25, 0.3) is 0 Å². The topological polar surface area (TPSA) is 98.8 Å². The normalized spacial score (nSPS) is 11.1. The van der Waals surface area contributed by atoms with Gasteiger partial charge in [-0.1, -0.05) is 12.1 Å². The van der Waals surface area contributed by atoms with E-state index in [2.05, 4.69) is 4.74 Å². The van der Waals surface area contributed by atoms with Gasteiger partial charge in [-0.15, -0.1) is 0 Å². The zero-order valence-electron chi connectivity index (χ0n) is 14.1. The molecular weight excluding hydrogens is 384 g/mol. The number of benzene rings is 2. The van der Waals surface area contributed by atoms with Crippen molar-refractivity contribution in [3.05, 3.63) is 59.7 Å². The number of nitrogens with one attached hydrogen (secondary N) is 1. The van der Waals surface area contributed by atoms with Crippen molar-refractivity contribution in [2.75, 3.05) is 20.3 Å². The van der Waals surface area contributed by atoms with E-state index in [1.807, 2.05) is 4.72 Å². The molecule has 7 nitrogen and oxygen atoms in total. The van der Waals surface area contributed by atoms with Crippen molar-refractivity contribution in [3.63, 3.8) is 0 Å². The minimum absolute atomic E-state index is 0.0481. The van der Waals surface area contributed by atoms with Crippen molar-refractivity contribution < 1.29 is 36.3 Å². The van der Waals surface area contributed by atoms with Gasteiger partial charge in [-0.05, 0) is 30.3 Å². The van der Waals surface area contributed by atoms with E-state index in [1.165, 1.54) is 31.4 Å². The Hall–Kier alpha value is -2.85. The Bertz CT molecular complexity index is 962. The van der Waals surface area contributed by atoms with Crippen molar-refractivity contribution in [3.8, 4) is 5.75 Å². The lowest BCUT2D eigenvalue weighted by Gasteiger charge is -2.08. The summed E-state index contributed by atoms with van der Waals surface area (Å²) in [5.41, 5.74) is -0.0481. The molecule has 2 aromatic carbocycles. The molecule has 144 valence electrons. The number of methoxy groups -OCH3 is 1. The molecule has 0 atom stereocenters. The van der Waals surface area contributed by atoms with Gasteiger partial charge in [0.25, 0.3) is 0 Å². The number of ether oxygens (including phenoxy) is 2. The summed E-state index contributed by atoms with van der Waals surface area (Å²) in [5.74, 6) is -3.53. The zero-order valence-corrected chi connectivity index (χ0v) is 14.9. The summed E-state index contributed by atoms with van der Waals surface area (Å²) in [6, 6.07) is 8.09. The highest BCUT2D eigenvalue weighted by Gasteiger charge is 2.20. The lowest BCUT2D eigenvalue weighted by molar-refractivity contribution is -0.141. The molecule has 1 N–H and O–H groups in total. The minimum Gasteiger partial charge on any atom is -0.494 e. The quantitative estimate of drug-likeness (QED) is 0.536. The Morgan fingerprint density at radius 3 is 2.41 bits per heavy atom. The number of esters is 1. The molecular formula is C17H15F2NO6S. The van der Waals surface area contributed by atoms with Crippen LogP contribution in [0.2, 0.25) is 0 Å². The van der Waals surface area contributed by atoms with Crippen molar-refractivity contribution in [2.24, 2.45) is 0 Å². The van der Waals surface area contributed by atoms with Gasteiger partial charge in [0, 0.05) is 5.56 Å². The van der Waals surface area contributed by atoms with Crippen molar-refractivity contribution >= 4 is 21.8 Å². The van der Waals surface area contributed by atoms with E-state index in [-0.39, 0.29) is 11.3 Å². The monoisotopic (exact) mass is 399 g/mol. The van der Waals surface area contributed by atoms with Crippen LogP contribution in [0.4, 0.5) is 8.78 Å². The average molecular weight is 399 g/mol. The molecule has 0 saturated heterocycles. The average Bonchev–Trinajstić information content (AvgIpc) is 2.64. The number of hydrogen-bond acceptors (Lipinski definition) is 6. The highest BCUT2D eigenvalue weighted by atomic mass is 32.2. The van der Waals surface area contributed by atoms with Gasteiger partial charge < -0.3 is 9.47 Å². The second kappa shape index (κ2) is 8.69. The van der Waals surface area contributed by atoms with Crippen LogP contribution in [-0.4, -0.2) is 40.4 Å². The molecule has 0 aliphatic rings. The number of carbonyl (C=O) groups excluding carboxylic acids is 2. The molecule has 27 heavy (non-hydrogen) atoms. The number of ketones is 1. The van der Waals surface area contributed by atoms with Crippen molar-refractivity contribution in [2.45, 2.75) is 4.90 Å². The van der Waals surface area contributed by atoms with E-state index >= 15 is 0 Å². The molecule has 0 fully saturated rings. The van der Waals surface area contributed by atoms with Crippen LogP contribution in [-0.2, 0) is 19.6 Å². The Kier molecular flexibility index (Phi) is 6.59. The highest BCUT2D eigenvalue weighted by molar-refractivity contribution is 7.89. The maximum Gasteiger partial charge on any atom is 0.321 e. The summed E-state index contributed by atoms with van der Waals surface area (Å²) < 4.78 is 62.2. The van der Waals surface area contributed by atoms with E-state index in [0.29, 0.717) is 0 Å². The molecule has 0 aromatic heterocycles. The number of sulfonamides is 1. The molecule has 0 amide bonds. The summed E-state index contributed by atoms with van der Waals surface area (Å²) in [7, 11) is -3.00. The lowest BCUT2D eigenvalue weighted by atomic mass is 10.1. The Balaban J connectivity index is 1.90. The van der Waals surface area contributed by atoms with E-state index in [9.17, 15) is 26.8 Å². The maximum atomic E-state index is 13.6. The first-order valence-electron chi connectivity index (χ1n) is 7.51. The van der Waals surface area contributed by atoms with Gasteiger partial charge in [-0.2, -0.15) is 4.72 Å². The maximum absolute atomic E-state index is 13.6. The molecule has 0 aliphatic carbocycles. The molecule has 0 aliphatic heterocycles. The van der Waals surface area contributed by atoms with Gasteiger partial charge in [0.2, 0.25) is 10.0 Å². The third-order valence-corrected chi connectivity index (χ3v) is 4.81. The Labute approximate surface area is 154 Å². The number of carbonyl (C=O) groups is 2. The molecule has 0 spiro atoms. The number of Topliss-reactive ketones (excluding diaryl/α,β-unsaturated/α-hetero) is 1. The Morgan fingerprint density at radius 2 is 1.78 bits per heavy atom. The second-order valence-electron chi connectivity index (χ2n) is 5.19. The van der Waals surface area contributed by atoms with E-state index < -0.39 is 51.5 Å². The molecule has 0 unspecified atom stereocenters. The molecule has 2 rings (SSSR count). The summed E-state index contributed by atoms with van der Waals surface area (Å²) in [6.45, 7) is -1.52. The Morgan fingerprint density at radius 1 is 1.07 bits per heavy atom. The first kappa shape index (κ1) is 20.5. The van der Waals surface area contributed by atoms with E-state index in [1.54, 1.807) is 0 Å². The van der Waals surface area contributed by atoms with Crippen LogP contribution < -0.4 is 9.46 Å². The standard InChI is InChI=1S/C17H15F2NO6S/c1-25-15-7-6-11(8-13(15)19)14(21)10-26-17(22)9-20-27(23,24)16-5-3-2-4-12(16)18/h2-8,20H,9-10H2,1H3. The fourth-order valence-corrected chi connectivity index (χ4v) is 3.06. The van der Waals surface area contributed by atoms with Crippen LogP contribution in [0.1, 0.15) is 10.4 Å². The SMILES string of the molecule is COc1ccc(C(=O)COC(=O)CNS(=O)(=O)c2ccccc2F)cc1F. The molecule has 0 saturated carbocycles. The molecule has 0 bridgehead atoms. The van der Waals surface area contributed by atoms with Gasteiger partial charge in [0.15, 0.2) is 24.0 Å². The van der Waals surface area contributed by atoms with E-state index in [4.69, 9.17) is 4.74 Å². The minimum atomic E-state index is -4.26. The van der Waals surface area contributed by atoms with Crippen LogP contribution in [0, 0.1) is 11.6 Å². The number of rotatable bonds is 8. The summed E-state index contributed by atoms with van der Waals surface area (Å²) >= 11 is 0. The predicted octanol–water partition coefficient (Wildman–Crippen LogP) is 1.68. The molecule has 0 radical (unpaired) electrons. The molecule has 10 heteroatoms. The smallest absolute Gasteiger partial charge is 0.321 e. The first-order chi connectivity index (χ1) is 12.7. The second-order valence-corrected chi connectivity index (χ2v) is 6.92. The largest absolute Gasteiger partial charge is 0.494 e. The zero-order chi connectivity index (χ0) is 20.0. The van der Waals surface area contributed by atoms with Crippen molar-refractivity contribution in [1.29, 1.82) is 0 Å². The van der Waals surface area contributed by atoms with Crippen LogP contribution >= 0.6 is 0 Å². The van der Waals surface area contributed by atoms with Gasteiger partial charge in [0.1, 0.15) is 17.3 Å². The fraction of sp³-hybridized carbons (Fsp3) is 0.176. The third-order valence-electron chi connectivity index (χ3n) is 3.37. The predicted molar refractivity (Wildman–Crippen MR) is 89.8 cm³/mol. The van der Waals surface area contributed by atoms with E-state index in [0.717, 1.165) is 18.2 Å². The third kappa shape index (κ3) is 5.31. The van der Waals surface area contributed by atoms with Crippen LogP contribution in [0.15, 0.2) is 47.4 Å². The first-order valence-corrected chi connectivity index (χ1v) is 8.99. The van der Waals surface area contributed by atoms with Gasteiger partial charge in [-0.25, -0.2) is 17.2 Å². The fourth-order valence-electron chi connectivity index (χ4n) is 2.01.